The lowest BCUT2D eigenvalue weighted by molar-refractivity contribution is -0.137. The molecule has 0 aliphatic heterocycles. The molecule has 0 saturated heterocycles. The highest BCUT2D eigenvalue weighted by atomic mass is 35.5. The molecule has 0 aliphatic rings. The summed E-state index contributed by atoms with van der Waals surface area (Å²) in [5, 5.41) is 6.58. The van der Waals surface area contributed by atoms with E-state index in [1.54, 1.807) is 18.2 Å². The van der Waals surface area contributed by atoms with Crippen LogP contribution in [0.25, 0.3) is 0 Å². The van der Waals surface area contributed by atoms with Gasteiger partial charge in [0.15, 0.2) is 5.11 Å². The molecule has 0 amide bonds. The van der Waals surface area contributed by atoms with E-state index >= 15 is 0 Å². The lowest BCUT2D eigenvalue weighted by Gasteiger charge is -2.13. The van der Waals surface area contributed by atoms with Crippen molar-refractivity contribution in [3.8, 4) is 0 Å². The van der Waals surface area contributed by atoms with Crippen LogP contribution in [0, 0.1) is 0 Å². The van der Waals surface area contributed by atoms with Gasteiger partial charge in [0.2, 0.25) is 0 Å². The van der Waals surface area contributed by atoms with Gasteiger partial charge in [-0.15, -0.1) is 0 Å². The van der Waals surface area contributed by atoms with E-state index in [4.69, 9.17) is 47.0 Å². The molecule has 0 radical (unpaired) electrons. The first-order valence-electron chi connectivity index (χ1n) is 6.38. The zero-order valence-electron chi connectivity index (χ0n) is 11.7. The van der Waals surface area contributed by atoms with Crippen LogP contribution in [-0.2, 0) is 12.7 Å². The summed E-state index contributed by atoms with van der Waals surface area (Å²) >= 11 is 22.7. The van der Waals surface area contributed by atoms with Crippen molar-refractivity contribution >= 4 is 57.8 Å². The number of rotatable bonds is 3. The number of halogens is 6. The summed E-state index contributed by atoms with van der Waals surface area (Å²) in [4.78, 5) is 3.71. The maximum absolute atomic E-state index is 12.6. The summed E-state index contributed by atoms with van der Waals surface area (Å²) in [5.41, 5.74) is -0.147. The van der Waals surface area contributed by atoms with Crippen molar-refractivity contribution in [2.24, 2.45) is 0 Å². The van der Waals surface area contributed by atoms with E-state index < -0.39 is 11.7 Å². The summed E-state index contributed by atoms with van der Waals surface area (Å²) in [6.07, 6.45) is -3.78. The quantitative estimate of drug-likeness (QED) is 0.646. The monoisotopic (exact) mass is 413 g/mol. The molecule has 1 aromatic carbocycles. The Kier molecular flexibility index (Phi) is 6.14. The molecule has 10 heteroatoms. The van der Waals surface area contributed by atoms with E-state index in [9.17, 15) is 13.2 Å². The van der Waals surface area contributed by atoms with E-state index in [1.807, 2.05) is 0 Å². The molecule has 1 heterocycles. The predicted octanol–water partition coefficient (Wildman–Crippen LogP) is 5.55. The highest BCUT2D eigenvalue weighted by Gasteiger charge is 2.31. The Bertz CT molecular complexity index is 769. The Morgan fingerprint density at radius 3 is 2.42 bits per heavy atom. The van der Waals surface area contributed by atoms with Crippen LogP contribution in [0.2, 0.25) is 15.1 Å². The van der Waals surface area contributed by atoms with Crippen LogP contribution in [0.3, 0.4) is 0 Å². The normalized spacial score (nSPS) is 11.2. The zero-order valence-corrected chi connectivity index (χ0v) is 14.8. The average molecular weight is 415 g/mol. The predicted molar refractivity (Wildman–Crippen MR) is 93.8 cm³/mol. The number of hydrogen-bond donors (Lipinski definition) is 2. The van der Waals surface area contributed by atoms with Crippen LogP contribution in [0.15, 0.2) is 30.5 Å². The van der Waals surface area contributed by atoms with Gasteiger partial charge in [-0.25, -0.2) is 0 Å². The molecule has 2 rings (SSSR count). The van der Waals surface area contributed by atoms with E-state index in [2.05, 4.69) is 15.6 Å². The first-order chi connectivity index (χ1) is 11.2. The van der Waals surface area contributed by atoms with Crippen molar-refractivity contribution in [1.82, 2.24) is 10.3 Å². The van der Waals surface area contributed by atoms with E-state index in [1.165, 1.54) is 0 Å². The fourth-order valence-corrected chi connectivity index (χ4v) is 2.54. The number of nitrogens with zero attached hydrogens (tertiary/aromatic N) is 1. The second kappa shape index (κ2) is 7.74. The van der Waals surface area contributed by atoms with E-state index in [-0.39, 0.29) is 22.4 Å². The minimum atomic E-state index is -4.50. The smallest absolute Gasteiger partial charge is 0.357 e. The van der Waals surface area contributed by atoms with Gasteiger partial charge in [-0.3, -0.25) is 4.98 Å². The summed E-state index contributed by atoms with van der Waals surface area (Å²) in [6, 6.07) is 5.63. The molecule has 0 aliphatic carbocycles. The number of pyridine rings is 1. The summed E-state index contributed by atoms with van der Waals surface area (Å²) in [5.74, 6) is 0. The largest absolute Gasteiger partial charge is 0.417 e. The molecule has 0 bridgehead atoms. The molecule has 128 valence electrons. The molecule has 0 atom stereocenters. The maximum atomic E-state index is 12.6. The second-order valence-corrected chi connectivity index (χ2v) is 6.24. The van der Waals surface area contributed by atoms with E-state index in [0.717, 1.165) is 12.3 Å². The fourth-order valence-electron chi connectivity index (χ4n) is 1.67. The van der Waals surface area contributed by atoms with Gasteiger partial charge in [-0.05, 0) is 36.5 Å². The molecule has 2 N–H and O–H groups in total. The van der Waals surface area contributed by atoms with Gasteiger partial charge in [0.05, 0.1) is 33.5 Å². The Morgan fingerprint density at radius 2 is 1.83 bits per heavy atom. The van der Waals surface area contributed by atoms with Crippen LogP contribution >= 0.6 is 47.0 Å². The van der Waals surface area contributed by atoms with Crippen molar-refractivity contribution in [1.29, 1.82) is 0 Å². The third kappa shape index (κ3) is 5.11. The Morgan fingerprint density at radius 1 is 1.12 bits per heavy atom. The fraction of sp³-hybridized carbons (Fsp3) is 0.143. The van der Waals surface area contributed by atoms with Crippen LogP contribution in [0.1, 0.15) is 11.3 Å². The molecule has 2 aromatic rings. The molecule has 0 fully saturated rings. The van der Waals surface area contributed by atoms with Gasteiger partial charge < -0.3 is 10.6 Å². The van der Waals surface area contributed by atoms with Crippen LogP contribution in [-0.4, -0.2) is 10.1 Å². The third-order valence-electron chi connectivity index (χ3n) is 2.84. The summed E-state index contributed by atoms with van der Waals surface area (Å²) < 4.78 is 37.7. The summed E-state index contributed by atoms with van der Waals surface area (Å²) in [6.45, 7) is 0.0496. The number of benzene rings is 1. The standard InChI is InChI=1S/C14H9Cl3F3N3S/c15-8-1-2-11(10(17)4-8)23-13(24)22-6-12-9(16)3-7(5-21-12)14(18,19)20/h1-5H,6H2,(H2,22,23,24). The van der Waals surface area contributed by atoms with Gasteiger partial charge in [-0.1, -0.05) is 34.8 Å². The van der Waals surface area contributed by atoms with Crippen LogP contribution < -0.4 is 10.6 Å². The highest BCUT2D eigenvalue weighted by molar-refractivity contribution is 7.80. The number of aromatic nitrogens is 1. The van der Waals surface area contributed by atoms with Crippen molar-refractivity contribution in [2.45, 2.75) is 12.7 Å². The third-order valence-corrected chi connectivity index (χ3v) is 3.96. The lowest BCUT2D eigenvalue weighted by Crippen LogP contribution is -2.28. The molecule has 1 aromatic heterocycles. The number of nitrogens with one attached hydrogen (secondary N) is 2. The number of thiocarbonyl (C=S) groups is 1. The van der Waals surface area contributed by atoms with E-state index in [0.29, 0.717) is 15.7 Å². The molecule has 24 heavy (non-hydrogen) atoms. The SMILES string of the molecule is FC(F)(F)c1cnc(CNC(=S)Nc2ccc(Cl)cc2Cl)c(Cl)c1. The van der Waals surface area contributed by atoms with Crippen molar-refractivity contribution < 1.29 is 13.2 Å². The minimum Gasteiger partial charge on any atom is -0.357 e. The second-order valence-electron chi connectivity index (χ2n) is 4.58. The number of alkyl halides is 3. The van der Waals surface area contributed by atoms with Crippen molar-refractivity contribution in [2.75, 3.05) is 5.32 Å². The average Bonchev–Trinajstić information content (AvgIpc) is 2.48. The van der Waals surface area contributed by atoms with Gasteiger partial charge in [-0.2, -0.15) is 13.2 Å². The molecule has 0 saturated carbocycles. The molecule has 0 unspecified atom stereocenters. The Hall–Kier alpha value is -1.28. The number of hydrogen-bond acceptors (Lipinski definition) is 2. The summed E-state index contributed by atoms with van der Waals surface area (Å²) in [7, 11) is 0. The molecule has 0 spiro atoms. The molecular formula is C14H9Cl3F3N3S. The van der Waals surface area contributed by atoms with Gasteiger partial charge in [0, 0.05) is 11.2 Å². The highest BCUT2D eigenvalue weighted by Crippen LogP contribution is 2.31. The zero-order chi connectivity index (χ0) is 17.9. The maximum Gasteiger partial charge on any atom is 0.417 e. The first kappa shape index (κ1) is 19.1. The molecular weight excluding hydrogens is 406 g/mol. The lowest BCUT2D eigenvalue weighted by atomic mass is 10.2. The first-order valence-corrected chi connectivity index (χ1v) is 7.92. The Balaban J connectivity index is 1.99. The Labute approximate surface area is 156 Å². The van der Waals surface area contributed by atoms with Gasteiger partial charge in [0.25, 0.3) is 0 Å². The molecule has 3 nitrogen and oxygen atoms in total. The topological polar surface area (TPSA) is 37.0 Å². The van der Waals surface area contributed by atoms with Crippen LogP contribution in [0.4, 0.5) is 18.9 Å². The van der Waals surface area contributed by atoms with Crippen molar-refractivity contribution in [3.05, 3.63) is 56.8 Å². The minimum absolute atomic E-state index is 0.0496. The van der Waals surface area contributed by atoms with Crippen molar-refractivity contribution in [3.63, 3.8) is 0 Å². The van der Waals surface area contributed by atoms with Crippen LogP contribution in [0.5, 0.6) is 0 Å². The van der Waals surface area contributed by atoms with Gasteiger partial charge in [0.1, 0.15) is 0 Å². The number of anilines is 1. The van der Waals surface area contributed by atoms with Gasteiger partial charge >= 0.3 is 6.18 Å².